The molecule has 2 rings (SSSR count). The predicted octanol–water partition coefficient (Wildman–Crippen LogP) is 3.21. The number of hydrogen-bond donors (Lipinski definition) is 0. The lowest BCUT2D eigenvalue weighted by molar-refractivity contribution is -0.134. The molecule has 0 spiro atoms. The van der Waals surface area contributed by atoms with Crippen LogP contribution in [-0.4, -0.2) is 78.6 Å². The number of rotatable bonds is 5. The molecule has 0 bridgehead atoms. The molecule has 0 aromatic rings. The normalized spacial score (nSPS) is 20.6. The smallest absolute Gasteiger partial charge is 0.410 e. The van der Waals surface area contributed by atoms with Gasteiger partial charge in [-0.05, 0) is 84.8 Å². The van der Waals surface area contributed by atoms with E-state index in [0.29, 0.717) is 6.54 Å². The number of carbonyl (C=O) groups excluding carboxylic acids is 2. The zero-order valence-corrected chi connectivity index (χ0v) is 18.0. The van der Waals surface area contributed by atoms with E-state index in [2.05, 4.69) is 11.9 Å². The Morgan fingerprint density at radius 3 is 2.00 bits per heavy atom. The molecule has 0 aliphatic carbocycles. The fourth-order valence-corrected chi connectivity index (χ4v) is 4.21. The molecule has 0 aromatic heterocycles. The maximum absolute atomic E-state index is 12.7. The van der Waals surface area contributed by atoms with E-state index in [1.807, 2.05) is 32.6 Å². The van der Waals surface area contributed by atoms with Crippen LogP contribution in [0, 0.1) is 11.8 Å². The van der Waals surface area contributed by atoms with Crippen molar-refractivity contribution in [3.8, 4) is 0 Å². The number of carbonyl (C=O) groups is 2. The molecule has 27 heavy (non-hydrogen) atoms. The maximum Gasteiger partial charge on any atom is 0.410 e. The van der Waals surface area contributed by atoms with Crippen LogP contribution in [0.5, 0.6) is 0 Å². The predicted molar refractivity (Wildman–Crippen MR) is 108 cm³/mol. The van der Waals surface area contributed by atoms with Gasteiger partial charge in [0.1, 0.15) is 12.1 Å². The second-order valence-electron chi connectivity index (χ2n) is 9.26. The van der Waals surface area contributed by atoms with E-state index < -0.39 is 5.60 Å². The first-order valence-electron chi connectivity index (χ1n) is 10.6. The Hall–Kier alpha value is -1.30. The molecular weight excluding hydrogens is 342 g/mol. The molecule has 0 radical (unpaired) electrons. The summed E-state index contributed by atoms with van der Waals surface area (Å²) in [4.78, 5) is 31.0. The van der Waals surface area contributed by atoms with Crippen LogP contribution in [0.2, 0.25) is 0 Å². The number of likely N-dealkylation sites (tertiary alicyclic amines) is 2. The van der Waals surface area contributed by atoms with Crippen molar-refractivity contribution < 1.29 is 14.3 Å². The molecule has 0 aromatic carbocycles. The molecule has 0 saturated carbocycles. The Bertz CT molecular complexity index is 487. The van der Waals surface area contributed by atoms with Crippen molar-refractivity contribution >= 4 is 12.0 Å². The molecule has 2 heterocycles. The summed E-state index contributed by atoms with van der Waals surface area (Å²) in [6.07, 6.45) is 5.19. The summed E-state index contributed by atoms with van der Waals surface area (Å²) in [5.41, 5.74) is -0.543. The molecule has 2 saturated heterocycles. The molecule has 2 amide bonds. The summed E-state index contributed by atoms with van der Waals surface area (Å²) in [5.74, 6) is 1.62. The van der Waals surface area contributed by atoms with Crippen LogP contribution in [0.3, 0.4) is 0 Å². The first kappa shape index (κ1) is 22.0. The Balaban J connectivity index is 1.82. The third-order valence-electron chi connectivity index (χ3n) is 5.79. The molecular formula is C21H39N3O3. The van der Waals surface area contributed by atoms with E-state index in [4.69, 9.17) is 4.74 Å². The molecule has 6 heteroatoms. The van der Waals surface area contributed by atoms with Crippen LogP contribution in [0.4, 0.5) is 4.79 Å². The highest BCUT2D eigenvalue weighted by atomic mass is 16.6. The Kier molecular flexibility index (Phi) is 7.95. The van der Waals surface area contributed by atoms with Crippen LogP contribution in [-0.2, 0) is 9.53 Å². The van der Waals surface area contributed by atoms with Gasteiger partial charge in [0, 0.05) is 19.6 Å². The Labute approximate surface area is 165 Å². The quantitative estimate of drug-likeness (QED) is 0.734. The minimum absolute atomic E-state index is 0.0520. The molecule has 2 fully saturated rings. The van der Waals surface area contributed by atoms with E-state index in [1.165, 1.54) is 25.9 Å². The van der Waals surface area contributed by atoms with Crippen LogP contribution in [0.15, 0.2) is 0 Å². The van der Waals surface area contributed by atoms with Crippen LogP contribution >= 0.6 is 0 Å². The SMILES string of the molecule is CCCN(CC(=O)N1CCC(C2CCN(C)CC2)CC1)C(=O)OC(C)(C)C. The largest absolute Gasteiger partial charge is 0.444 e. The van der Waals surface area contributed by atoms with Gasteiger partial charge in [-0.2, -0.15) is 0 Å². The van der Waals surface area contributed by atoms with Gasteiger partial charge in [-0.3, -0.25) is 9.69 Å². The lowest BCUT2D eigenvalue weighted by Gasteiger charge is -2.39. The summed E-state index contributed by atoms with van der Waals surface area (Å²) in [7, 11) is 2.20. The summed E-state index contributed by atoms with van der Waals surface area (Å²) >= 11 is 0. The van der Waals surface area contributed by atoms with Gasteiger partial charge in [0.25, 0.3) is 0 Å². The highest BCUT2D eigenvalue weighted by molar-refractivity contribution is 5.82. The average molecular weight is 382 g/mol. The molecule has 2 aliphatic heterocycles. The second kappa shape index (κ2) is 9.76. The minimum Gasteiger partial charge on any atom is -0.444 e. The van der Waals surface area contributed by atoms with Crippen molar-refractivity contribution in [3.63, 3.8) is 0 Å². The van der Waals surface area contributed by atoms with Crippen LogP contribution in [0.1, 0.15) is 59.8 Å². The fraction of sp³-hybridized carbons (Fsp3) is 0.905. The topological polar surface area (TPSA) is 53.1 Å². The van der Waals surface area contributed by atoms with E-state index in [1.54, 1.807) is 4.90 Å². The Morgan fingerprint density at radius 1 is 1.00 bits per heavy atom. The van der Waals surface area contributed by atoms with Gasteiger partial charge in [0.15, 0.2) is 0 Å². The van der Waals surface area contributed by atoms with Crippen LogP contribution in [0.25, 0.3) is 0 Å². The standard InChI is InChI=1S/C21H39N3O3/c1-6-11-24(20(26)27-21(2,3)4)16-19(25)23-14-9-18(10-15-23)17-7-12-22(5)13-8-17/h17-18H,6-16H2,1-5H3. The van der Waals surface area contributed by atoms with Gasteiger partial charge in [0.05, 0.1) is 0 Å². The van der Waals surface area contributed by atoms with Crippen molar-refractivity contribution in [3.05, 3.63) is 0 Å². The zero-order valence-electron chi connectivity index (χ0n) is 18.0. The van der Waals surface area contributed by atoms with Gasteiger partial charge in [-0.15, -0.1) is 0 Å². The Morgan fingerprint density at radius 2 is 1.52 bits per heavy atom. The van der Waals surface area contributed by atoms with E-state index >= 15 is 0 Å². The third kappa shape index (κ3) is 6.98. The van der Waals surface area contributed by atoms with Crippen LogP contribution < -0.4 is 0 Å². The number of piperidine rings is 2. The van der Waals surface area contributed by atoms with E-state index in [-0.39, 0.29) is 18.5 Å². The van der Waals surface area contributed by atoms with Gasteiger partial charge in [-0.25, -0.2) is 4.79 Å². The van der Waals surface area contributed by atoms with Gasteiger partial charge >= 0.3 is 6.09 Å². The lowest BCUT2D eigenvalue weighted by Crippen LogP contribution is -2.48. The third-order valence-corrected chi connectivity index (χ3v) is 5.79. The summed E-state index contributed by atoms with van der Waals surface area (Å²) < 4.78 is 5.46. The number of ether oxygens (including phenoxy) is 1. The molecule has 2 aliphatic rings. The maximum atomic E-state index is 12.7. The van der Waals surface area contributed by atoms with Gasteiger partial charge in [-0.1, -0.05) is 6.92 Å². The summed E-state index contributed by atoms with van der Waals surface area (Å²) in [5, 5.41) is 0. The van der Waals surface area contributed by atoms with Gasteiger partial charge in [0.2, 0.25) is 5.91 Å². The second-order valence-corrected chi connectivity index (χ2v) is 9.26. The number of nitrogens with zero attached hydrogens (tertiary/aromatic N) is 3. The summed E-state index contributed by atoms with van der Waals surface area (Å²) in [6.45, 7) is 12.3. The molecule has 0 unspecified atom stereocenters. The molecule has 6 nitrogen and oxygen atoms in total. The lowest BCUT2D eigenvalue weighted by atomic mass is 9.79. The minimum atomic E-state index is -0.543. The molecule has 0 N–H and O–H groups in total. The fourth-order valence-electron chi connectivity index (χ4n) is 4.21. The average Bonchev–Trinajstić information content (AvgIpc) is 2.60. The van der Waals surface area contributed by atoms with Gasteiger partial charge < -0.3 is 14.5 Å². The number of hydrogen-bond acceptors (Lipinski definition) is 4. The van der Waals surface area contributed by atoms with E-state index in [9.17, 15) is 9.59 Å². The molecule has 0 atom stereocenters. The zero-order chi connectivity index (χ0) is 20.0. The van der Waals surface area contributed by atoms with E-state index in [0.717, 1.165) is 44.2 Å². The first-order chi connectivity index (χ1) is 12.7. The first-order valence-corrected chi connectivity index (χ1v) is 10.6. The highest BCUT2D eigenvalue weighted by Crippen LogP contribution is 2.32. The van der Waals surface area contributed by atoms with Crippen molar-refractivity contribution in [2.45, 2.75) is 65.4 Å². The summed E-state index contributed by atoms with van der Waals surface area (Å²) in [6, 6.07) is 0. The highest BCUT2D eigenvalue weighted by Gasteiger charge is 2.31. The van der Waals surface area contributed by atoms with Crippen molar-refractivity contribution in [2.24, 2.45) is 11.8 Å². The van der Waals surface area contributed by atoms with Crippen molar-refractivity contribution in [1.29, 1.82) is 0 Å². The monoisotopic (exact) mass is 381 g/mol. The van der Waals surface area contributed by atoms with Crippen molar-refractivity contribution in [1.82, 2.24) is 14.7 Å². The number of amides is 2. The molecule has 156 valence electrons. The van der Waals surface area contributed by atoms with Crippen molar-refractivity contribution in [2.75, 3.05) is 46.3 Å².